The molecule has 0 unspecified atom stereocenters. The highest BCUT2D eigenvalue weighted by molar-refractivity contribution is 9.10. The number of nitrogens with zero attached hydrogens (tertiary/aromatic N) is 2. The Bertz CT molecular complexity index is 370. The molecule has 0 aliphatic heterocycles. The van der Waals surface area contributed by atoms with E-state index in [1.807, 2.05) is 32.0 Å². The number of pyridine rings is 1. The molecule has 1 aromatic rings. The van der Waals surface area contributed by atoms with Gasteiger partial charge in [0.2, 0.25) is 0 Å². The number of hydrogen-bond donors (Lipinski definition) is 0. The predicted octanol–water partition coefficient (Wildman–Crippen LogP) is 3.17. The quantitative estimate of drug-likeness (QED) is 0.754. The van der Waals surface area contributed by atoms with Crippen molar-refractivity contribution in [3.63, 3.8) is 0 Å². The van der Waals surface area contributed by atoms with Crippen molar-refractivity contribution in [2.24, 2.45) is 0 Å². The van der Waals surface area contributed by atoms with Crippen LogP contribution in [0.5, 0.6) is 0 Å². The Kier molecular flexibility index (Phi) is 3.32. The maximum atomic E-state index is 4.48. The molecule has 0 amide bonds. The standard InChI is InChI=1S/C11H15BrN2/c1-6-9-7(2)10(12)13-11(8(9)3)14(4)5/h6H,1H2,2-5H3. The Hall–Kier alpha value is -0.830. The Morgan fingerprint density at radius 2 is 1.86 bits per heavy atom. The van der Waals surface area contributed by atoms with Gasteiger partial charge in [-0.05, 0) is 46.5 Å². The Morgan fingerprint density at radius 3 is 2.29 bits per heavy atom. The van der Waals surface area contributed by atoms with Crippen LogP contribution in [0.25, 0.3) is 6.08 Å². The highest BCUT2D eigenvalue weighted by Crippen LogP contribution is 2.28. The zero-order chi connectivity index (χ0) is 10.9. The van der Waals surface area contributed by atoms with Crippen LogP contribution in [0.15, 0.2) is 11.2 Å². The molecule has 14 heavy (non-hydrogen) atoms. The lowest BCUT2D eigenvalue weighted by Crippen LogP contribution is -2.13. The van der Waals surface area contributed by atoms with E-state index in [0.29, 0.717) is 0 Å². The van der Waals surface area contributed by atoms with Crippen molar-refractivity contribution >= 4 is 27.8 Å². The van der Waals surface area contributed by atoms with Gasteiger partial charge in [0.15, 0.2) is 0 Å². The third-order valence-electron chi connectivity index (χ3n) is 2.28. The summed E-state index contributed by atoms with van der Waals surface area (Å²) in [5.41, 5.74) is 3.48. The van der Waals surface area contributed by atoms with Crippen molar-refractivity contribution in [1.29, 1.82) is 0 Å². The minimum absolute atomic E-state index is 0.890. The maximum absolute atomic E-state index is 4.48. The van der Waals surface area contributed by atoms with E-state index in [2.05, 4.69) is 34.4 Å². The van der Waals surface area contributed by atoms with Crippen LogP contribution in [0.4, 0.5) is 5.82 Å². The van der Waals surface area contributed by atoms with Gasteiger partial charge in [-0.3, -0.25) is 0 Å². The topological polar surface area (TPSA) is 16.1 Å². The lowest BCUT2D eigenvalue weighted by molar-refractivity contribution is 1.02. The lowest BCUT2D eigenvalue weighted by Gasteiger charge is -2.18. The molecular weight excluding hydrogens is 240 g/mol. The largest absolute Gasteiger partial charge is 0.362 e. The predicted molar refractivity (Wildman–Crippen MR) is 65.8 cm³/mol. The molecule has 0 spiro atoms. The first-order chi connectivity index (χ1) is 6.49. The third-order valence-corrected chi connectivity index (χ3v) is 3.06. The van der Waals surface area contributed by atoms with Crippen molar-refractivity contribution < 1.29 is 0 Å². The first kappa shape index (κ1) is 11.2. The number of rotatable bonds is 2. The molecule has 1 heterocycles. The molecule has 0 bridgehead atoms. The molecule has 2 nitrogen and oxygen atoms in total. The van der Waals surface area contributed by atoms with Crippen LogP contribution in [0.1, 0.15) is 16.7 Å². The van der Waals surface area contributed by atoms with Gasteiger partial charge in [-0.2, -0.15) is 0 Å². The summed E-state index contributed by atoms with van der Waals surface area (Å²) in [6.45, 7) is 7.94. The SMILES string of the molecule is C=Cc1c(C)c(Br)nc(N(C)C)c1C. The summed E-state index contributed by atoms with van der Waals surface area (Å²) in [5.74, 6) is 0.984. The van der Waals surface area contributed by atoms with Crippen LogP contribution < -0.4 is 4.90 Å². The molecule has 0 N–H and O–H groups in total. The molecule has 0 radical (unpaired) electrons. The molecule has 1 rings (SSSR count). The van der Waals surface area contributed by atoms with Crippen LogP contribution in [-0.2, 0) is 0 Å². The van der Waals surface area contributed by atoms with Gasteiger partial charge in [-0.25, -0.2) is 4.98 Å². The molecule has 76 valence electrons. The maximum Gasteiger partial charge on any atom is 0.132 e. The highest BCUT2D eigenvalue weighted by atomic mass is 79.9. The molecule has 0 saturated carbocycles. The summed E-state index contributed by atoms with van der Waals surface area (Å²) in [7, 11) is 3.98. The monoisotopic (exact) mass is 254 g/mol. The summed E-state index contributed by atoms with van der Waals surface area (Å²) in [4.78, 5) is 6.48. The minimum Gasteiger partial charge on any atom is -0.362 e. The fraction of sp³-hybridized carbons (Fsp3) is 0.364. The fourth-order valence-electron chi connectivity index (χ4n) is 1.52. The van der Waals surface area contributed by atoms with Crippen LogP contribution >= 0.6 is 15.9 Å². The number of hydrogen-bond acceptors (Lipinski definition) is 2. The first-order valence-corrected chi connectivity index (χ1v) is 5.24. The van der Waals surface area contributed by atoms with Crippen molar-refractivity contribution in [2.75, 3.05) is 19.0 Å². The summed E-state index contributed by atoms with van der Waals surface area (Å²) >= 11 is 3.45. The normalized spacial score (nSPS) is 10.1. The van der Waals surface area contributed by atoms with Crippen LogP contribution in [0.3, 0.4) is 0 Å². The summed E-state index contributed by atoms with van der Waals surface area (Å²) < 4.78 is 0.890. The Balaban J connectivity index is 3.50. The van der Waals surface area contributed by atoms with Crippen molar-refractivity contribution in [3.8, 4) is 0 Å². The number of aromatic nitrogens is 1. The lowest BCUT2D eigenvalue weighted by atomic mass is 10.1. The summed E-state index contributed by atoms with van der Waals surface area (Å²) in [6, 6.07) is 0. The second-order valence-corrected chi connectivity index (χ2v) is 4.24. The van der Waals surface area contributed by atoms with Crippen LogP contribution in [0.2, 0.25) is 0 Å². The second kappa shape index (κ2) is 4.13. The van der Waals surface area contributed by atoms with Gasteiger partial charge in [0.1, 0.15) is 10.4 Å². The van der Waals surface area contributed by atoms with Gasteiger partial charge in [0, 0.05) is 14.1 Å². The molecule has 0 atom stereocenters. The Morgan fingerprint density at radius 1 is 1.29 bits per heavy atom. The van der Waals surface area contributed by atoms with E-state index in [-0.39, 0.29) is 0 Å². The van der Waals surface area contributed by atoms with E-state index in [9.17, 15) is 0 Å². The fourth-order valence-corrected chi connectivity index (χ4v) is 1.90. The Labute approximate surface area is 93.8 Å². The average molecular weight is 255 g/mol. The average Bonchev–Trinajstić information content (AvgIpc) is 2.12. The second-order valence-electron chi connectivity index (χ2n) is 3.49. The summed E-state index contributed by atoms with van der Waals surface area (Å²) in [6.07, 6.45) is 1.88. The zero-order valence-electron chi connectivity index (χ0n) is 9.06. The van der Waals surface area contributed by atoms with Gasteiger partial charge in [-0.15, -0.1) is 0 Å². The van der Waals surface area contributed by atoms with Crippen molar-refractivity contribution in [1.82, 2.24) is 4.98 Å². The smallest absolute Gasteiger partial charge is 0.132 e. The van der Waals surface area contributed by atoms with E-state index in [1.165, 1.54) is 5.56 Å². The third kappa shape index (κ3) is 1.82. The van der Waals surface area contributed by atoms with Crippen molar-refractivity contribution in [3.05, 3.63) is 27.9 Å². The van der Waals surface area contributed by atoms with E-state index in [0.717, 1.165) is 21.5 Å². The van der Waals surface area contributed by atoms with E-state index >= 15 is 0 Å². The van der Waals surface area contributed by atoms with Crippen LogP contribution in [-0.4, -0.2) is 19.1 Å². The molecule has 0 saturated heterocycles. The van der Waals surface area contributed by atoms with Gasteiger partial charge < -0.3 is 4.90 Å². The van der Waals surface area contributed by atoms with Crippen molar-refractivity contribution in [2.45, 2.75) is 13.8 Å². The minimum atomic E-state index is 0.890. The molecule has 0 fully saturated rings. The van der Waals surface area contributed by atoms with E-state index in [4.69, 9.17) is 0 Å². The number of anilines is 1. The first-order valence-electron chi connectivity index (χ1n) is 4.45. The molecule has 0 aliphatic rings. The molecule has 1 aromatic heterocycles. The summed E-state index contributed by atoms with van der Waals surface area (Å²) in [5, 5.41) is 0. The highest BCUT2D eigenvalue weighted by Gasteiger charge is 2.11. The molecule has 0 aliphatic carbocycles. The van der Waals surface area contributed by atoms with Gasteiger partial charge >= 0.3 is 0 Å². The molecular formula is C11H15BrN2. The number of halogens is 1. The van der Waals surface area contributed by atoms with Gasteiger partial charge in [0.25, 0.3) is 0 Å². The van der Waals surface area contributed by atoms with Gasteiger partial charge in [0.05, 0.1) is 0 Å². The molecule has 3 heteroatoms. The zero-order valence-corrected chi connectivity index (χ0v) is 10.6. The molecule has 0 aromatic carbocycles. The van der Waals surface area contributed by atoms with E-state index < -0.39 is 0 Å². The van der Waals surface area contributed by atoms with Crippen LogP contribution in [0, 0.1) is 13.8 Å². The van der Waals surface area contributed by atoms with E-state index in [1.54, 1.807) is 0 Å². The van der Waals surface area contributed by atoms with Gasteiger partial charge in [-0.1, -0.05) is 12.7 Å².